The molecule has 0 aliphatic rings. The topological polar surface area (TPSA) is 36.4 Å². The minimum absolute atomic E-state index is 0. The molecule has 0 amide bonds. The molecule has 0 spiro atoms. The maximum absolute atomic E-state index is 13.4. The lowest BCUT2D eigenvalue weighted by Gasteiger charge is -2.23. The van der Waals surface area contributed by atoms with Crippen molar-refractivity contribution in [3.05, 3.63) is 35.6 Å². The molecule has 1 aromatic carbocycles. The fourth-order valence-corrected chi connectivity index (χ4v) is 1.55. The smallest absolute Gasteiger partial charge is 0.191 e. The minimum Gasteiger partial charge on any atom is -0.356 e. The van der Waals surface area contributed by atoms with E-state index in [4.69, 9.17) is 0 Å². The number of nitrogens with one attached hydrogen (secondary N) is 2. The molecule has 0 saturated carbocycles. The van der Waals surface area contributed by atoms with Crippen molar-refractivity contribution in [2.75, 3.05) is 13.6 Å². The number of nitrogens with zero attached hydrogens (tertiary/aromatic N) is 1. The maximum atomic E-state index is 13.4. The standard InChI is InChI=1S/C14H22FN3.HI/c1-14(2,3)18-13(16-4)17-10-9-11-7-5-6-8-12(11)15;/h5-8H,9-10H2,1-4H3,(H2,16,17,18);1H. The van der Waals surface area contributed by atoms with Crippen molar-refractivity contribution in [2.45, 2.75) is 32.7 Å². The molecule has 5 heteroatoms. The minimum atomic E-state index is -0.155. The van der Waals surface area contributed by atoms with Crippen LogP contribution >= 0.6 is 24.0 Å². The maximum Gasteiger partial charge on any atom is 0.191 e. The monoisotopic (exact) mass is 379 g/mol. The van der Waals surface area contributed by atoms with Crippen LogP contribution in [0.5, 0.6) is 0 Å². The van der Waals surface area contributed by atoms with E-state index < -0.39 is 0 Å². The zero-order valence-corrected chi connectivity index (χ0v) is 14.3. The molecule has 0 aromatic heterocycles. The van der Waals surface area contributed by atoms with Gasteiger partial charge in [-0.25, -0.2) is 4.39 Å². The third-order valence-electron chi connectivity index (χ3n) is 2.36. The number of hydrogen-bond donors (Lipinski definition) is 2. The Balaban J connectivity index is 0.00000324. The first-order chi connectivity index (χ1) is 8.42. The lowest BCUT2D eigenvalue weighted by atomic mass is 10.1. The number of rotatable bonds is 3. The lowest BCUT2D eigenvalue weighted by molar-refractivity contribution is 0.501. The zero-order chi connectivity index (χ0) is 13.6. The van der Waals surface area contributed by atoms with Gasteiger partial charge in [0.25, 0.3) is 0 Å². The predicted octanol–water partition coefficient (Wildman–Crippen LogP) is 2.95. The summed E-state index contributed by atoms with van der Waals surface area (Å²) in [6.45, 7) is 6.85. The van der Waals surface area contributed by atoms with Crippen LogP contribution in [-0.2, 0) is 6.42 Å². The number of aliphatic imine (C=N–C) groups is 1. The first kappa shape index (κ1) is 18.1. The van der Waals surface area contributed by atoms with E-state index in [-0.39, 0.29) is 35.3 Å². The number of hydrogen-bond acceptors (Lipinski definition) is 1. The summed E-state index contributed by atoms with van der Waals surface area (Å²) in [5, 5.41) is 6.43. The Bertz CT molecular complexity index is 413. The van der Waals surface area contributed by atoms with Crippen molar-refractivity contribution >= 4 is 29.9 Å². The van der Waals surface area contributed by atoms with Crippen LogP contribution in [0.4, 0.5) is 4.39 Å². The Labute approximate surface area is 132 Å². The van der Waals surface area contributed by atoms with Crippen LogP contribution in [0.3, 0.4) is 0 Å². The van der Waals surface area contributed by atoms with Crippen LogP contribution in [0.2, 0.25) is 0 Å². The van der Waals surface area contributed by atoms with Gasteiger partial charge in [-0.05, 0) is 38.8 Å². The fourth-order valence-electron chi connectivity index (χ4n) is 1.55. The normalized spacial score (nSPS) is 11.7. The molecule has 0 radical (unpaired) electrons. The highest BCUT2D eigenvalue weighted by molar-refractivity contribution is 14.0. The quantitative estimate of drug-likeness (QED) is 0.481. The zero-order valence-electron chi connectivity index (χ0n) is 12.0. The second kappa shape index (κ2) is 8.35. The first-order valence-corrected chi connectivity index (χ1v) is 6.14. The van der Waals surface area contributed by atoms with Crippen molar-refractivity contribution in [2.24, 2.45) is 4.99 Å². The van der Waals surface area contributed by atoms with E-state index in [1.54, 1.807) is 19.2 Å². The predicted molar refractivity (Wildman–Crippen MR) is 89.8 cm³/mol. The fraction of sp³-hybridized carbons (Fsp3) is 0.500. The van der Waals surface area contributed by atoms with Crippen LogP contribution in [0.25, 0.3) is 0 Å². The van der Waals surface area contributed by atoms with Crippen molar-refractivity contribution in [1.29, 1.82) is 0 Å². The summed E-state index contributed by atoms with van der Waals surface area (Å²) in [5.74, 6) is 0.580. The molecule has 0 saturated heterocycles. The molecule has 0 aliphatic heterocycles. The number of guanidine groups is 1. The Morgan fingerprint density at radius 2 is 1.89 bits per heavy atom. The van der Waals surface area contributed by atoms with Gasteiger partial charge in [-0.1, -0.05) is 18.2 Å². The molecule has 2 N–H and O–H groups in total. The molecule has 0 bridgehead atoms. The molecule has 0 fully saturated rings. The second-order valence-electron chi connectivity index (χ2n) is 5.22. The molecule has 0 unspecified atom stereocenters. The third kappa shape index (κ3) is 7.34. The van der Waals surface area contributed by atoms with Crippen LogP contribution in [-0.4, -0.2) is 25.1 Å². The van der Waals surface area contributed by atoms with Crippen molar-refractivity contribution in [1.82, 2.24) is 10.6 Å². The van der Waals surface area contributed by atoms with Gasteiger partial charge < -0.3 is 10.6 Å². The van der Waals surface area contributed by atoms with Crippen LogP contribution in [0.15, 0.2) is 29.3 Å². The number of benzene rings is 1. The summed E-state index contributed by atoms with van der Waals surface area (Å²) in [4.78, 5) is 4.13. The Morgan fingerprint density at radius 1 is 1.26 bits per heavy atom. The van der Waals surface area contributed by atoms with Gasteiger partial charge in [-0.2, -0.15) is 0 Å². The molecule has 19 heavy (non-hydrogen) atoms. The molecule has 3 nitrogen and oxygen atoms in total. The van der Waals surface area contributed by atoms with Gasteiger partial charge in [0.2, 0.25) is 0 Å². The largest absolute Gasteiger partial charge is 0.356 e. The highest BCUT2D eigenvalue weighted by Crippen LogP contribution is 2.06. The van der Waals surface area contributed by atoms with Gasteiger partial charge in [0, 0.05) is 19.1 Å². The summed E-state index contributed by atoms with van der Waals surface area (Å²) in [6.07, 6.45) is 0.636. The average molecular weight is 379 g/mol. The van der Waals surface area contributed by atoms with Gasteiger partial charge in [-0.15, -0.1) is 24.0 Å². The van der Waals surface area contributed by atoms with Crippen LogP contribution in [0, 0.1) is 5.82 Å². The summed E-state index contributed by atoms with van der Waals surface area (Å²) in [6, 6.07) is 6.83. The van der Waals surface area contributed by atoms with Gasteiger partial charge in [0.15, 0.2) is 5.96 Å². The van der Waals surface area contributed by atoms with E-state index in [1.165, 1.54) is 6.07 Å². The Morgan fingerprint density at radius 3 is 2.42 bits per heavy atom. The van der Waals surface area contributed by atoms with E-state index in [9.17, 15) is 4.39 Å². The molecule has 0 heterocycles. The lowest BCUT2D eigenvalue weighted by Crippen LogP contribution is -2.48. The summed E-state index contributed by atoms with van der Waals surface area (Å²) in [5.41, 5.74) is 0.677. The Kier molecular flexibility index (Phi) is 7.97. The van der Waals surface area contributed by atoms with E-state index in [1.807, 2.05) is 6.07 Å². The summed E-state index contributed by atoms with van der Waals surface area (Å²) >= 11 is 0. The molecule has 1 aromatic rings. The van der Waals surface area contributed by atoms with E-state index >= 15 is 0 Å². The highest BCUT2D eigenvalue weighted by atomic mass is 127. The second-order valence-corrected chi connectivity index (χ2v) is 5.22. The van der Waals surface area contributed by atoms with Gasteiger partial charge in [-0.3, -0.25) is 4.99 Å². The average Bonchev–Trinajstić information content (AvgIpc) is 2.28. The van der Waals surface area contributed by atoms with E-state index in [2.05, 4.69) is 36.4 Å². The molecule has 108 valence electrons. The van der Waals surface area contributed by atoms with E-state index in [0.29, 0.717) is 13.0 Å². The number of halogens is 2. The van der Waals surface area contributed by atoms with Crippen LogP contribution in [0.1, 0.15) is 26.3 Å². The molecular weight excluding hydrogens is 356 g/mol. The van der Waals surface area contributed by atoms with Crippen LogP contribution < -0.4 is 10.6 Å². The van der Waals surface area contributed by atoms with Crippen molar-refractivity contribution in [3.8, 4) is 0 Å². The van der Waals surface area contributed by atoms with Gasteiger partial charge >= 0.3 is 0 Å². The van der Waals surface area contributed by atoms with Gasteiger partial charge in [0.1, 0.15) is 5.82 Å². The highest BCUT2D eigenvalue weighted by Gasteiger charge is 2.11. The SMILES string of the molecule is CN=C(NCCc1ccccc1F)NC(C)(C)C.I. The van der Waals surface area contributed by atoms with E-state index in [0.717, 1.165) is 11.5 Å². The molecule has 1 rings (SSSR count). The first-order valence-electron chi connectivity index (χ1n) is 6.14. The van der Waals surface area contributed by atoms with Crippen molar-refractivity contribution < 1.29 is 4.39 Å². The molecular formula is C14H23FIN3. The van der Waals surface area contributed by atoms with Gasteiger partial charge in [0.05, 0.1) is 0 Å². The third-order valence-corrected chi connectivity index (χ3v) is 2.36. The Hall–Kier alpha value is -0.850. The van der Waals surface area contributed by atoms with Crippen molar-refractivity contribution in [3.63, 3.8) is 0 Å². The molecule has 0 aliphatic carbocycles. The summed E-state index contributed by atoms with van der Waals surface area (Å²) < 4.78 is 13.4. The molecule has 0 atom stereocenters. The summed E-state index contributed by atoms with van der Waals surface area (Å²) in [7, 11) is 1.73.